The Bertz CT molecular complexity index is 853. The first-order valence-corrected chi connectivity index (χ1v) is 11.1. The molecule has 4 N–H and O–H groups in total. The maximum atomic E-state index is 13.0. The van der Waals surface area contributed by atoms with Gasteiger partial charge in [-0.05, 0) is 50.2 Å². The second kappa shape index (κ2) is 11.5. The van der Waals surface area contributed by atoms with Gasteiger partial charge < -0.3 is 25.8 Å². The number of methoxy groups -OCH3 is 1. The minimum atomic E-state index is -0.300. The summed E-state index contributed by atoms with van der Waals surface area (Å²) < 4.78 is 5.33. The van der Waals surface area contributed by atoms with Crippen LogP contribution in [0.3, 0.4) is 0 Å². The Hall–Kier alpha value is -2.87. The van der Waals surface area contributed by atoms with Gasteiger partial charge in [-0.1, -0.05) is 25.5 Å². The number of para-hydroxylation sites is 2. The Labute approximate surface area is 183 Å². The molecule has 1 aliphatic carbocycles. The molecule has 3 rings (SSSR count). The van der Waals surface area contributed by atoms with Crippen molar-refractivity contribution in [2.45, 2.75) is 51.6 Å². The SMILES string of the molecule is CCCCNc1ncc(C(=O)Nc2ccccc2OC)c(NCC2CCC(O)CC2)n1. The molecule has 1 fully saturated rings. The molecule has 0 spiro atoms. The van der Waals surface area contributed by atoms with Crippen LogP contribution in [-0.2, 0) is 0 Å². The fourth-order valence-electron chi connectivity index (χ4n) is 3.67. The highest BCUT2D eigenvalue weighted by Crippen LogP contribution is 2.27. The number of aliphatic hydroxyl groups excluding tert-OH is 1. The van der Waals surface area contributed by atoms with Crippen LogP contribution in [0.4, 0.5) is 17.5 Å². The minimum absolute atomic E-state index is 0.188. The summed E-state index contributed by atoms with van der Waals surface area (Å²) >= 11 is 0. The third-order valence-electron chi connectivity index (χ3n) is 5.58. The van der Waals surface area contributed by atoms with Crippen molar-refractivity contribution in [1.82, 2.24) is 9.97 Å². The number of hydrogen-bond donors (Lipinski definition) is 4. The summed E-state index contributed by atoms with van der Waals surface area (Å²) in [6, 6.07) is 7.27. The maximum absolute atomic E-state index is 13.0. The first-order chi connectivity index (χ1) is 15.1. The van der Waals surface area contributed by atoms with Crippen LogP contribution in [0.1, 0.15) is 55.8 Å². The van der Waals surface area contributed by atoms with Gasteiger partial charge in [0.2, 0.25) is 5.95 Å². The predicted molar refractivity (Wildman–Crippen MR) is 123 cm³/mol. The largest absolute Gasteiger partial charge is 0.495 e. The fourth-order valence-corrected chi connectivity index (χ4v) is 3.67. The number of carbonyl (C=O) groups is 1. The number of unbranched alkanes of at least 4 members (excludes halogenated alkanes) is 1. The fraction of sp³-hybridized carbons (Fsp3) is 0.522. The Morgan fingerprint density at radius 2 is 1.97 bits per heavy atom. The van der Waals surface area contributed by atoms with E-state index in [-0.39, 0.29) is 12.0 Å². The molecule has 31 heavy (non-hydrogen) atoms. The van der Waals surface area contributed by atoms with Gasteiger partial charge in [0.15, 0.2) is 0 Å². The zero-order valence-electron chi connectivity index (χ0n) is 18.4. The second-order valence-corrected chi connectivity index (χ2v) is 7.95. The molecule has 8 nitrogen and oxygen atoms in total. The predicted octanol–water partition coefficient (Wildman–Crippen LogP) is 3.91. The van der Waals surface area contributed by atoms with Gasteiger partial charge in [0, 0.05) is 19.3 Å². The number of aliphatic hydroxyl groups is 1. The molecular weight excluding hydrogens is 394 g/mol. The third kappa shape index (κ3) is 6.55. The van der Waals surface area contributed by atoms with E-state index in [2.05, 4.69) is 32.8 Å². The van der Waals surface area contributed by atoms with Crippen molar-refractivity contribution in [2.75, 3.05) is 36.1 Å². The molecule has 0 saturated heterocycles. The lowest BCUT2D eigenvalue weighted by Crippen LogP contribution is -2.25. The average Bonchev–Trinajstić information content (AvgIpc) is 2.79. The van der Waals surface area contributed by atoms with Crippen molar-refractivity contribution < 1.29 is 14.6 Å². The van der Waals surface area contributed by atoms with E-state index < -0.39 is 0 Å². The molecule has 1 amide bonds. The van der Waals surface area contributed by atoms with Crippen LogP contribution < -0.4 is 20.7 Å². The molecule has 1 heterocycles. The number of ether oxygens (including phenoxy) is 1. The van der Waals surface area contributed by atoms with E-state index in [0.717, 1.165) is 45.1 Å². The van der Waals surface area contributed by atoms with E-state index in [1.54, 1.807) is 25.4 Å². The number of carbonyl (C=O) groups excluding carboxylic acids is 1. The molecule has 0 atom stereocenters. The second-order valence-electron chi connectivity index (χ2n) is 7.95. The number of aromatic nitrogens is 2. The molecule has 8 heteroatoms. The van der Waals surface area contributed by atoms with Gasteiger partial charge in [0.1, 0.15) is 17.1 Å². The molecule has 1 aliphatic rings. The molecule has 168 valence electrons. The van der Waals surface area contributed by atoms with Crippen LogP contribution in [0.15, 0.2) is 30.5 Å². The standard InChI is InChI=1S/C23H33N5O3/c1-3-4-13-24-23-26-15-18(22(30)27-19-7-5-6-8-20(19)31-2)21(28-23)25-14-16-9-11-17(29)12-10-16/h5-8,15-17,29H,3-4,9-14H2,1-2H3,(H,27,30)(H2,24,25,26,28). The van der Waals surface area contributed by atoms with Crippen molar-refractivity contribution in [2.24, 2.45) is 5.92 Å². The molecular formula is C23H33N5O3. The number of hydrogen-bond acceptors (Lipinski definition) is 7. The first-order valence-electron chi connectivity index (χ1n) is 11.1. The van der Waals surface area contributed by atoms with Crippen molar-refractivity contribution in [3.8, 4) is 5.75 Å². The molecule has 0 radical (unpaired) electrons. The van der Waals surface area contributed by atoms with Gasteiger partial charge in [-0.2, -0.15) is 4.98 Å². The lowest BCUT2D eigenvalue weighted by Gasteiger charge is -2.26. The highest BCUT2D eigenvalue weighted by atomic mass is 16.5. The van der Waals surface area contributed by atoms with E-state index in [0.29, 0.717) is 41.2 Å². The van der Waals surface area contributed by atoms with Gasteiger partial charge in [0.05, 0.1) is 18.9 Å². The third-order valence-corrected chi connectivity index (χ3v) is 5.58. The van der Waals surface area contributed by atoms with Crippen LogP contribution in [0.2, 0.25) is 0 Å². The summed E-state index contributed by atoms with van der Waals surface area (Å²) in [6.07, 6.45) is 7.03. The number of amides is 1. The quantitative estimate of drug-likeness (QED) is 0.426. The Morgan fingerprint density at radius 3 is 2.71 bits per heavy atom. The first kappa shape index (κ1) is 22.8. The van der Waals surface area contributed by atoms with Crippen LogP contribution in [0, 0.1) is 5.92 Å². The zero-order chi connectivity index (χ0) is 22.1. The van der Waals surface area contributed by atoms with Crippen molar-refractivity contribution in [3.63, 3.8) is 0 Å². The Balaban J connectivity index is 1.75. The monoisotopic (exact) mass is 427 g/mol. The number of nitrogens with zero attached hydrogens (tertiary/aromatic N) is 2. The molecule has 0 bridgehead atoms. The van der Waals surface area contributed by atoms with Crippen molar-refractivity contribution in [1.29, 1.82) is 0 Å². The van der Waals surface area contributed by atoms with Gasteiger partial charge in [-0.15, -0.1) is 0 Å². The van der Waals surface area contributed by atoms with E-state index >= 15 is 0 Å². The van der Waals surface area contributed by atoms with E-state index in [4.69, 9.17) is 4.74 Å². The molecule has 1 aromatic heterocycles. The number of nitrogens with one attached hydrogen (secondary N) is 3. The topological polar surface area (TPSA) is 108 Å². The summed E-state index contributed by atoms with van der Waals surface area (Å²) in [5.41, 5.74) is 0.968. The van der Waals surface area contributed by atoms with Gasteiger partial charge >= 0.3 is 0 Å². The van der Waals surface area contributed by atoms with E-state index in [1.165, 1.54) is 0 Å². The lowest BCUT2D eigenvalue weighted by atomic mass is 9.87. The van der Waals surface area contributed by atoms with Gasteiger partial charge in [-0.25, -0.2) is 4.98 Å². The Morgan fingerprint density at radius 1 is 1.19 bits per heavy atom. The summed E-state index contributed by atoms with van der Waals surface area (Å²) in [7, 11) is 1.57. The van der Waals surface area contributed by atoms with Crippen molar-refractivity contribution >= 4 is 23.4 Å². The summed E-state index contributed by atoms with van der Waals surface area (Å²) in [6.45, 7) is 3.61. The van der Waals surface area contributed by atoms with Gasteiger partial charge in [-0.3, -0.25) is 4.79 Å². The number of benzene rings is 1. The maximum Gasteiger partial charge on any atom is 0.261 e. The molecule has 1 saturated carbocycles. The summed E-state index contributed by atoms with van der Waals surface area (Å²) in [5, 5.41) is 19.2. The Kier molecular flexibility index (Phi) is 8.46. The zero-order valence-corrected chi connectivity index (χ0v) is 18.4. The van der Waals surface area contributed by atoms with Crippen molar-refractivity contribution in [3.05, 3.63) is 36.0 Å². The van der Waals surface area contributed by atoms with Crippen LogP contribution >= 0.6 is 0 Å². The highest BCUT2D eigenvalue weighted by molar-refractivity contribution is 6.08. The van der Waals surface area contributed by atoms with Crippen LogP contribution in [-0.4, -0.2) is 47.3 Å². The summed E-state index contributed by atoms with van der Waals surface area (Å²) in [4.78, 5) is 21.9. The molecule has 2 aromatic rings. The summed E-state index contributed by atoms with van der Waals surface area (Å²) in [5.74, 6) is 1.74. The smallest absolute Gasteiger partial charge is 0.261 e. The highest BCUT2D eigenvalue weighted by Gasteiger charge is 2.21. The lowest BCUT2D eigenvalue weighted by molar-refractivity contribution is 0.102. The number of rotatable bonds is 10. The normalized spacial score (nSPS) is 18.3. The average molecular weight is 428 g/mol. The molecule has 1 aromatic carbocycles. The van der Waals surface area contributed by atoms with Gasteiger partial charge in [0.25, 0.3) is 5.91 Å². The van der Waals surface area contributed by atoms with E-state index in [9.17, 15) is 9.90 Å². The number of anilines is 3. The van der Waals surface area contributed by atoms with Crippen LogP contribution in [0.25, 0.3) is 0 Å². The van der Waals surface area contributed by atoms with Crippen LogP contribution in [0.5, 0.6) is 5.75 Å². The molecule has 0 aliphatic heterocycles. The van der Waals surface area contributed by atoms with E-state index in [1.807, 2.05) is 12.1 Å². The minimum Gasteiger partial charge on any atom is -0.495 e. The molecule has 0 unspecified atom stereocenters.